The molecule has 0 fully saturated rings. The van der Waals surface area contributed by atoms with Crippen LogP contribution in [-0.4, -0.2) is 46.2 Å². The first-order chi connectivity index (χ1) is 18.4. The third kappa shape index (κ3) is 5.26. The van der Waals surface area contributed by atoms with Gasteiger partial charge in [-0.3, -0.25) is 25.0 Å². The highest BCUT2D eigenvalue weighted by Gasteiger charge is 2.39. The molecule has 3 aromatic rings. The molecule has 8 nitrogen and oxygen atoms in total. The summed E-state index contributed by atoms with van der Waals surface area (Å²) in [7, 11) is 0. The van der Waals surface area contributed by atoms with Crippen LogP contribution in [0.5, 0.6) is 0 Å². The Hall–Kier alpha value is -4.17. The van der Waals surface area contributed by atoms with Gasteiger partial charge in [0.15, 0.2) is 0 Å². The first kappa shape index (κ1) is 25.5. The Morgan fingerprint density at radius 2 is 1.84 bits per heavy atom. The van der Waals surface area contributed by atoms with E-state index in [1.807, 2.05) is 25.1 Å². The van der Waals surface area contributed by atoms with Gasteiger partial charge in [-0.2, -0.15) is 0 Å². The molecule has 0 radical (unpaired) electrons. The summed E-state index contributed by atoms with van der Waals surface area (Å²) in [5.41, 5.74) is 6.02. The van der Waals surface area contributed by atoms with Crippen LogP contribution in [0.25, 0.3) is 0 Å². The lowest BCUT2D eigenvalue weighted by Gasteiger charge is -2.33. The van der Waals surface area contributed by atoms with Crippen molar-refractivity contribution in [1.29, 1.82) is 0 Å². The van der Waals surface area contributed by atoms with E-state index in [2.05, 4.69) is 34.1 Å². The molecule has 2 aromatic carbocycles. The number of fused-ring (bicyclic) bond motifs is 1. The van der Waals surface area contributed by atoms with E-state index in [9.17, 15) is 14.9 Å². The second kappa shape index (κ2) is 11.1. The molecule has 0 N–H and O–H groups in total. The van der Waals surface area contributed by atoms with Gasteiger partial charge in [0.2, 0.25) is 0 Å². The standard InChI is InChI=1S/C30H30N4O4/c1-20-27(24-10-6-13-31-18-24)29(23-9-5-11-26(17-23)34(36)37)28(21(2)32-20)30(35)38-16-15-33-14-12-22-7-3-4-8-25(22)19-33/h3-11,13,17-18,27,29H,12,14-16,19H2,1-2H3. The summed E-state index contributed by atoms with van der Waals surface area (Å²) in [6, 6.07) is 18.7. The Balaban J connectivity index is 1.41. The van der Waals surface area contributed by atoms with Crippen molar-refractivity contribution in [3.05, 3.63) is 117 Å². The molecule has 2 unspecified atom stereocenters. The van der Waals surface area contributed by atoms with E-state index in [1.165, 1.54) is 17.2 Å². The van der Waals surface area contributed by atoms with Gasteiger partial charge in [0.1, 0.15) is 6.61 Å². The fourth-order valence-electron chi connectivity index (χ4n) is 5.58. The fourth-order valence-corrected chi connectivity index (χ4v) is 5.58. The van der Waals surface area contributed by atoms with Crippen LogP contribution in [0.2, 0.25) is 0 Å². The predicted molar refractivity (Wildman–Crippen MR) is 145 cm³/mol. The summed E-state index contributed by atoms with van der Waals surface area (Å²) >= 11 is 0. The summed E-state index contributed by atoms with van der Waals surface area (Å²) in [5.74, 6) is -1.25. The van der Waals surface area contributed by atoms with Crippen LogP contribution in [0.3, 0.4) is 0 Å². The van der Waals surface area contributed by atoms with Crippen LogP contribution < -0.4 is 0 Å². The molecule has 2 atom stereocenters. The van der Waals surface area contributed by atoms with Crippen LogP contribution in [0, 0.1) is 10.1 Å². The van der Waals surface area contributed by atoms with Crippen molar-refractivity contribution < 1.29 is 14.5 Å². The number of hydrogen-bond donors (Lipinski definition) is 0. The highest BCUT2D eigenvalue weighted by atomic mass is 16.6. The van der Waals surface area contributed by atoms with Crippen LogP contribution in [0.4, 0.5) is 5.69 Å². The number of allylic oxidation sites excluding steroid dienone is 1. The van der Waals surface area contributed by atoms with Gasteiger partial charge >= 0.3 is 5.97 Å². The maximum atomic E-state index is 13.6. The average Bonchev–Trinajstić information content (AvgIpc) is 2.93. The molecule has 1 aromatic heterocycles. The fraction of sp³-hybridized carbons (Fsp3) is 0.300. The zero-order chi connectivity index (χ0) is 26.6. The Morgan fingerprint density at radius 3 is 2.61 bits per heavy atom. The summed E-state index contributed by atoms with van der Waals surface area (Å²) in [6.07, 6.45) is 4.42. The summed E-state index contributed by atoms with van der Waals surface area (Å²) in [6.45, 7) is 6.34. The second-order valence-corrected chi connectivity index (χ2v) is 9.78. The molecule has 194 valence electrons. The van der Waals surface area contributed by atoms with Gasteiger partial charge in [-0.15, -0.1) is 0 Å². The molecular formula is C30H30N4O4. The van der Waals surface area contributed by atoms with Crippen molar-refractivity contribution >= 4 is 17.4 Å². The lowest BCUT2D eigenvalue weighted by molar-refractivity contribution is -0.384. The highest BCUT2D eigenvalue weighted by molar-refractivity contribution is 5.99. The molecule has 3 heterocycles. The van der Waals surface area contributed by atoms with Gasteiger partial charge in [0.25, 0.3) is 5.69 Å². The lowest BCUT2D eigenvalue weighted by atomic mass is 9.73. The Bertz CT molecular complexity index is 1420. The number of nitro groups is 1. The molecule has 0 saturated heterocycles. The first-order valence-corrected chi connectivity index (χ1v) is 12.8. The lowest BCUT2D eigenvalue weighted by Crippen LogP contribution is -2.34. The molecule has 0 aliphatic carbocycles. The molecule has 2 aliphatic rings. The third-order valence-corrected chi connectivity index (χ3v) is 7.38. The number of aromatic nitrogens is 1. The number of hydrogen-bond acceptors (Lipinski definition) is 7. The van der Waals surface area contributed by atoms with E-state index >= 15 is 0 Å². The van der Waals surface area contributed by atoms with Crippen molar-refractivity contribution in [2.24, 2.45) is 4.99 Å². The number of esters is 1. The van der Waals surface area contributed by atoms with Crippen molar-refractivity contribution in [3.63, 3.8) is 0 Å². The van der Waals surface area contributed by atoms with Crippen LogP contribution in [0.15, 0.2) is 89.3 Å². The van der Waals surface area contributed by atoms with E-state index in [4.69, 9.17) is 9.73 Å². The van der Waals surface area contributed by atoms with E-state index in [1.54, 1.807) is 31.5 Å². The highest BCUT2D eigenvalue weighted by Crippen LogP contribution is 2.45. The van der Waals surface area contributed by atoms with Crippen molar-refractivity contribution in [2.45, 2.75) is 38.6 Å². The van der Waals surface area contributed by atoms with Crippen LogP contribution >= 0.6 is 0 Å². The summed E-state index contributed by atoms with van der Waals surface area (Å²) in [5, 5.41) is 11.6. The van der Waals surface area contributed by atoms with E-state index in [-0.39, 0.29) is 18.2 Å². The summed E-state index contributed by atoms with van der Waals surface area (Å²) < 4.78 is 5.83. The predicted octanol–water partition coefficient (Wildman–Crippen LogP) is 5.21. The Kier molecular flexibility index (Phi) is 7.42. The zero-order valence-electron chi connectivity index (χ0n) is 21.5. The minimum atomic E-state index is -0.494. The molecule has 2 aliphatic heterocycles. The minimum absolute atomic E-state index is 0.0247. The Morgan fingerprint density at radius 1 is 1.05 bits per heavy atom. The molecule has 0 bridgehead atoms. The minimum Gasteiger partial charge on any atom is -0.461 e. The third-order valence-electron chi connectivity index (χ3n) is 7.38. The molecule has 0 amide bonds. The maximum Gasteiger partial charge on any atom is 0.336 e. The molecule has 8 heteroatoms. The van der Waals surface area contributed by atoms with Crippen LogP contribution in [-0.2, 0) is 22.5 Å². The largest absolute Gasteiger partial charge is 0.461 e. The van der Waals surface area contributed by atoms with Crippen molar-refractivity contribution in [1.82, 2.24) is 9.88 Å². The molecule has 38 heavy (non-hydrogen) atoms. The molecule has 5 rings (SSSR count). The van der Waals surface area contributed by atoms with Crippen molar-refractivity contribution in [3.8, 4) is 0 Å². The SMILES string of the molecule is CC1=NC(C)=C(C(=O)OCCN2CCc3ccccc3C2)C(c2cccc([N+](=O)[O-])c2)C1c1cccnc1. The number of pyridine rings is 1. The van der Waals surface area contributed by atoms with E-state index in [0.717, 1.165) is 30.8 Å². The second-order valence-electron chi connectivity index (χ2n) is 9.78. The van der Waals surface area contributed by atoms with Gasteiger partial charge in [-0.1, -0.05) is 42.5 Å². The van der Waals surface area contributed by atoms with Gasteiger partial charge < -0.3 is 4.74 Å². The number of carbonyl (C=O) groups is 1. The van der Waals surface area contributed by atoms with E-state index < -0.39 is 16.8 Å². The number of non-ortho nitro benzene ring substituents is 1. The Labute approximate surface area is 221 Å². The number of ether oxygens (including phenoxy) is 1. The monoisotopic (exact) mass is 510 g/mol. The number of benzene rings is 2. The number of carbonyl (C=O) groups excluding carboxylic acids is 1. The molecule has 0 spiro atoms. The van der Waals surface area contributed by atoms with Gasteiger partial charge in [0, 0.05) is 67.4 Å². The number of nitro benzene ring substituents is 1. The normalized spacial score (nSPS) is 19.5. The molecular weight excluding hydrogens is 480 g/mol. The number of aliphatic imine (C=N–C) groups is 1. The van der Waals surface area contributed by atoms with Gasteiger partial charge in [0.05, 0.1) is 10.5 Å². The smallest absolute Gasteiger partial charge is 0.336 e. The molecule has 0 saturated carbocycles. The number of rotatable bonds is 7. The average molecular weight is 511 g/mol. The summed E-state index contributed by atoms with van der Waals surface area (Å²) in [4.78, 5) is 36.0. The zero-order valence-corrected chi connectivity index (χ0v) is 21.5. The first-order valence-electron chi connectivity index (χ1n) is 12.8. The maximum absolute atomic E-state index is 13.6. The van der Waals surface area contributed by atoms with Gasteiger partial charge in [-0.25, -0.2) is 4.79 Å². The quantitative estimate of drug-likeness (QED) is 0.246. The topological polar surface area (TPSA) is 97.9 Å². The number of nitrogens with zero attached hydrogens (tertiary/aromatic N) is 4. The van der Waals surface area contributed by atoms with Crippen LogP contribution in [0.1, 0.15) is 47.9 Å². The van der Waals surface area contributed by atoms with Gasteiger partial charge in [-0.05, 0) is 48.6 Å². The van der Waals surface area contributed by atoms with Crippen molar-refractivity contribution in [2.75, 3.05) is 19.7 Å². The van der Waals surface area contributed by atoms with E-state index in [0.29, 0.717) is 23.4 Å².